The molecule has 0 saturated carbocycles. The van der Waals surface area contributed by atoms with Crippen LogP contribution in [0.1, 0.15) is 24.2 Å². The van der Waals surface area contributed by atoms with Gasteiger partial charge in [-0.1, -0.05) is 23.8 Å². The molecule has 1 aliphatic rings. The first kappa shape index (κ1) is 15.1. The van der Waals surface area contributed by atoms with Gasteiger partial charge in [0.05, 0.1) is 11.7 Å². The van der Waals surface area contributed by atoms with Gasteiger partial charge in [-0.05, 0) is 38.1 Å². The Balaban J connectivity index is 2.15. The summed E-state index contributed by atoms with van der Waals surface area (Å²) in [6.45, 7) is 3.28. The van der Waals surface area contributed by atoms with Gasteiger partial charge in [-0.3, -0.25) is 24.3 Å². The molecule has 2 heterocycles. The van der Waals surface area contributed by atoms with E-state index in [2.05, 4.69) is 4.98 Å². The van der Waals surface area contributed by atoms with Gasteiger partial charge in [0.15, 0.2) is 0 Å². The van der Waals surface area contributed by atoms with Gasteiger partial charge in [0.25, 0.3) is 5.91 Å². The summed E-state index contributed by atoms with van der Waals surface area (Å²) in [7, 11) is 0. The average Bonchev–Trinajstić information content (AvgIpc) is 2.81. The Morgan fingerprint density at radius 2 is 1.78 bits per heavy atom. The van der Waals surface area contributed by atoms with Crippen molar-refractivity contribution in [3.05, 3.63) is 59.9 Å². The summed E-state index contributed by atoms with van der Waals surface area (Å²) in [6.07, 6.45) is 1.59. The third kappa shape index (κ3) is 2.54. The minimum atomic E-state index is -1.02. The molecule has 1 aromatic heterocycles. The van der Waals surface area contributed by atoms with Crippen LogP contribution < -0.4 is 4.90 Å². The number of pyridine rings is 1. The van der Waals surface area contributed by atoms with Crippen LogP contribution in [0.2, 0.25) is 0 Å². The summed E-state index contributed by atoms with van der Waals surface area (Å²) >= 11 is 0. The maximum Gasteiger partial charge on any atom is 0.295 e. The molecule has 3 rings (SSSR count). The molecule has 1 amide bonds. The predicted molar refractivity (Wildman–Crippen MR) is 84.8 cm³/mol. The second-order valence-electron chi connectivity index (χ2n) is 5.66. The number of nitrogens with zero attached hydrogens (tertiary/aromatic N) is 2. The zero-order chi connectivity index (χ0) is 16.6. The lowest BCUT2D eigenvalue weighted by molar-refractivity contribution is -0.138. The number of amides is 1. The molecule has 0 aliphatic carbocycles. The molecular formula is C18H16N2O3. The second kappa shape index (κ2) is 5.76. The summed E-state index contributed by atoms with van der Waals surface area (Å²) in [5.41, 5.74) is 2.17. The Labute approximate surface area is 134 Å². The molecule has 116 valence electrons. The van der Waals surface area contributed by atoms with Gasteiger partial charge >= 0.3 is 0 Å². The predicted octanol–water partition coefficient (Wildman–Crippen LogP) is 2.25. The summed E-state index contributed by atoms with van der Waals surface area (Å²) in [4.78, 5) is 42.5. The van der Waals surface area contributed by atoms with Crippen LogP contribution in [0.5, 0.6) is 0 Å². The van der Waals surface area contributed by atoms with Gasteiger partial charge in [0.2, 0.25) is 5.78 Å². The van der Waals surface area contributed by atoms with Crippen molar-refractivity contribution in [3.63, 3.8) is 0 Å². The van der Waals surface area contributed by atoms with Crippen molar-refractivity contribution in [1.29, 1.82) is 0 Å². The maximum absolute atomic E-state index is 12.5. The van der Waals surface area contributed by atoms with Crippen LogP contribution in [0, 0.1) is 12.8 Å². The van der Waals surface area contributed by atoms with Crippen LogP contribution in [-0.4, -0.2) is 22.5 Å². The van der Waals surface area contributed by atoms with Crippen LogP contribution >= 0.6 is 0 Å². The normalized spacial score (nSPS) is 20.9. The largest absolute Gasteiger partial charge is 0.299 e. The number of ketones is 2. The lowest BCUT2D eigenvalue weighted by Gasteiger charge is -2.26. The first-order valence-corrected chi connectivity index (χ1v) is 7.36. The van der Waals surface area contributed by atoms with Gasteiger partial charge in [-0.25, -0.2) is 0 Å². The quantitative estimate of drug-likeness (QED) is 0.644. The molecule has 5 nitrogen and oxygen atoms in total. The van der Waals surface area contributed by atoms with Gasteiger partial charge in [0, 0.05) is 11.9 Å². The third-order valence-corrected chi connectivity index (χ3v) is 4.05. The number of carbonyl (C=O) groups excluding carboxylic acids is 3. The standard InChI is InChI=1S/C18H16N2O3/c1-11-6-8-13(9-7-11)20-16(14-5-3-4-10-19-14)15(12(2)21)17(22)18(20)23/h3-10,15-16H,1-2H3. The van der Waals surface area contributed by atoms with E-state index in [1.165, 1.54) is 11.8 Å². The molecule has 1 aromatic carbocycles. The van der Waals surface area contributed by atoms with E-state index < -0.39 is 23.7 Å². The molecular weight excluding hydrogens is 292 g/mol. The summed E-state index contributed by atoms with van der Waals surface area (Å²) in [5, 5.41) is 0. The molecule has 1 saturated heterocycles. The number of carbonyl (C=O) groups is 3. The van der Waals surface area contributed by atoms with E-state index >= 15 is 0 Å². The van der Waals surface area contributed by atoms with Crippen LogP contribution in [0.25, 0.3) is 0 Å². The van der Waals surface area contributed by atoms with Crippen molar-refractivity contribution in [3.8, 4) is 0 Å². The monoisotopic (exact) mass is 308 g/mol. The fourth-order valence-electron chi connectivity index (χ4n) is 2.91. The molecule has 1 aliphatic heterocycles. The second-order valence-corrected chi connectivity index (χ2v) is 5.66. The maximum atomic E-state index is 12.5. The van der Waals surface area contributed by atoms with E-state index in [1.807, 2.05) is 19.1 Å². The zero-order valence-corrected chi connectivity index (χ0v) is 12.9. The molecule has 1 fully saturated rings. The average molecular weight is 308 g/mol. The highest BCUT2D eigenvalue weighted by Crippen LogP contribution is 2.39. The molecule has 2 atom stereocenters. The first-order valence-electron chi connectivity index (χ1n) is 7.36. The smallest absolute Gasteiger partial charge is 0.295 e. The first-order chi connectivity index (χ1) is 11.0. The van der Waals surface area contributed by atoms with Crippen LogP contribution in [0.15, 0.2) is 48.7 Å². The molecule has 0 spiro atoms. The van der Waals surface area contributed by atoms with E-state index in [9.17, 15) is 14.4 Å². The minimum Gasteiger partial charge on any atom is -0.299 e. The SMILES string of the molecule is CC(=O)C1C(=O)C(=O)N(c2ccc(C)cc2)C1c1ccccn1. The van der Waals surface area contributed by atoms with Crippen molar-refractivity contribution in [2.75, 3.05) is 4.90 Å². The fourth-order valence-corrected chi connectivity index (χ4v) is 2.91. The van der Waals surface area contributed by atoms with E-state index in [1.54, 1.807) is 36.5 Å². The number of Topliss-reactive ketones (excluding diaryl/α,β-unsaturated/α-hetero) is 2. The number of benzene rings is 1. The van der Waals surface area contributed by atoms with Crippen molar-refractivity contribution >= 4 is 23.2 Å². The van der Waals surface area contributed by atoms with Crippen molar-refractivity contribution < 1.29 is 14.4 Å². The van der Waals surface area contributed by atoms with Crippen molar-refractivity contribution in [2.24, 2.45) is 5.92 Å². The highest BCUT2D eigenvalue weighted by atomic mass is 16.2. The van der Waals surface area contributed by atoms with E-state index in [-0.39, 0.29) is 5.78 Å². The van der Waals surface area contributed by atoms with E-state index in [4.69, 9.17) is 0 Å². The molecule has 0 N–H and O–H groups in total. The number of anilines is 1. The number of aromatic nitrogens is 1. The highest BCUT2D eigenvalue weighted by molar-refractivity contribution is 6.48. The minimum absolute atomic E-state index is 0.325. The van der Waals surface area contributed by atoms with Crippen LogP contribution in [0.3, 0.4) is 0 Å². The van der Waals surface area contributed by atoms with Crippen molar-refractivity contribution in [2.45, 2.75) is 19.9 Å². The highest BCUT2D eigenvalue weighted by Gasteiger charge is 2.51. The van der Waals surface area contributed by atoms with Crippen molar-refractivity contribution in [1.82, 2.24) is 4.98 Å². The van der Waals surface area contributed by atoms with E-state index in [0.29, 0.717) is 11.4 Å². The topological polar surface area (TPSA) is 67.3 Å². The molecule has 23 heavy (non-hydrogen) atoms. The van der Waals surface area contributed by atoms with Gasteiger partial charge in [0.1, 0.15) is 11.7 Å². The zero-order valence-electron chi connectivity index (χ0n) is 12.9. The van der Waals surface area contributed by atoms with Crippen LogP contribution in [0.4, 0.5) is 5.69 Å². The van der Waals surface area contributed by atoms with Gasteiger partial charge < -0.3 is 0 Å². The van der Waals surface area contributed by atoms with E-state index in [0.717, 1.165) is 5.56 Å². The Morgan fingerprint density at radius 1 is 1.09 bits per heavy atom. The fraction of sp³-hybridized carbons (Fsp3) is 0.222. The Bertz CT molecular complexity index is 769. The lowest BCUT2D eigenvalue weighted by atomic mass is 9.92. The Hall–Kier alpha value is -2.82. The van der Waals surface area contributed by atoms with Gasteiger partial charge in [-0.2, -0.15) is 0 Å². The van der Waals surface area contributed by atoms with Crippen LogP contribution in [-0.2, 0) is 14.4 Å². The molecule has 0 bridgehead atoms. The van der Waals surface area contributed by atoms with Gasteiger partial charge in [-0.15, -0.1) is 0 Å². The summed E-state index contributed by atoms with van der Waals surface area (Å²) in [5.74, 6) is -2.68. The summed E-state index contributed by atoms with van der Waals surface area (Å²) in [6, 6.07) is 11.8. The Kier molecular flexibility index (Phi) is 3.78. The Morgan fingerprint density at radius 3 is 2.35 bits per heavy atom. The third-order valence-electron chi connectivity index (χ3n) is 4.05. The number of hydrogen-bond acceptors (Lipinski definition) is 4. The number of aryl methyl sites for hydroxylation is 1. The number of rotatable bonds is 3. The molecule has 0 radical (unpaired) electrons. The molecule has 5 heteroatoms. The summed E-state index contributed by atoms with van der Waals surface area (Å²) < 4.78 is 0. The number of hydrogen-bond donors (Lipinski definition) is 0. The molecule has 2 unspecified atom stereocenters. The molecule has 2 aromatic rings. The lowest BCUT2D eigenvalue weighted by Crippen LogP contribution is -2.30.